The second-order valence-electron chi connectivity index (χ2n) is 5.36. The van der Waals surface area contributed by atoms with Crippen LogP contribution in [0.15, 0.2) is 18.2 Å². The van der Waals surface area contributed by atoms with Gasteiger partial charge in [-0.3, -0.25) is 0 Å². The lowest BCUT2D eigenvalue weighted by atomic mass is 10.2. The third-order valence-corrected chi connectivity index (χ3v) is 4.43. The molecule has 2 aromatic rings. The van der Waals surface area contributed by atoms with E-state index in [-0.39, 0.29) is 4.88 Å². The number of carbonyl (C=O) groups is 1. The van der Waals surface area contributed by atoms with Crippen LogP contribution in [0.1, 0.15) is 15.4 Å². The number of benzene rings is 1. The molecule has 0 atom stereocenters. The summed E-state index contributed by atoms with van der Waals surface area (Å²) in [5.74, 6) is -0.0400. The van der Waals surface area contributed by atoms with Crippen molar-refractivity contribution in [1.82, 2.24) is 4.98 Å². The first-order valence-electron chi connectivity index (χ1n) is 7.22. The van der Waals surface area contributed by atoms with Crippen molar-refractivity contribution in [2.45, 2.75) is 6.92 Å². The number of nitrogens with zero attached hydrogens (tertiary/aromatic N) is 1. The van der Waals surface area contributed by atoms with Crippen LogP contribution in [0.5, 0.6) is 11.5 Å². The van der Waals surface area contributed by atoms with Crippen LogP contribution in [0.25, 0.3) is 10.6 Å². The summed E-state index contributed by atoms with van der Waals surface area (Å²) in [5, 5.41) is 11.7. The molecule has 6 nitrogen and oxygen atoms in total. The summed E-state index contributed by atoms with van der Waals surface area (Å²) in [6, 6.07) is 5.48. The lowest BCUT2D eigenvalue weighted by Gasteiger charge is -2.14. The lowest BCUT2D eigenvalue weighted by Crippen LogP contribution is -3.06. The van der Waals surface area contributed by atoms with E-state index in [4.69, 9.17) is 9.47 Å². The Morgan fingerprint density at radius 3 is 2.70 bits per heavy atom. The molecule has 0 aliphatic rings. The van der Waals surface area contributed by atoms with Crippen LogP contribution in [0.4, 0.5) is 0 Å². The maximum absolute atomic E-state index is 11.1. The predicted octanol–water partition coefficient (Wildman–Crippen LogP) is 0.0139. The van der Waals surface area contributed by atoms with Crippen LogP contribution >= 0.6 is 11.3 Å². The predicted molar refractivity (Wildman–Crippen MR) is 86.3 cm³/mol. The summed E-state index contributed by atoms with van der Waals surface area (Å²) < 4.78 is 11.3. The van der Waals surface area contributed by atoms with Gasteiger partial charge < -0.3 is 24.3 Å². The fourth-order valence-electron chi connectivity index (χ4n) is 2.05. The van der Waals surface area contributed by atoms with Gasteiger partial charge in [0, 0.05) is 0 Å². The molecule has 1 aromatic heterocycles. The van der Waals surface area contributed by atoms with E-state index in [2.05, 4.69) is 4.98 Å². The van der Waals surface area contributed by atoms with Crippen molar-refractivity contribution in [3.05, 3.63) is 28.8 Å². The van der Waals surface area contributed by atoms with E-state index < -0.39 is 5.97 Å². The molecule has 0 aliphatic heterocycles. The Kier molecular flexibility index (Phi) is 5.57. The van der Waals surface area contributed by atoms with Gasteiger partial charge in [0.25, 0.3) is 0 Å². The van der Waals surface area contributed by atoms with Crippen LogP contribution < -0.4 is 19.5 Å². The monoisotopic (exact) mass is 336 g/mol. The molecule has 0 saturated carbocycles. The number of para-hydroxylation sites is 1. The van der Waals surface area contributed by atoms with Crippen molar-refractivity contribution in [2.75, 3.05) is 34.4 Å². The third kappa shape index (κ3) is 4.00. The zero-order chi connectivity index (χ0) is 17.0. The quantitative estimate of drug-likeness (QED) is 0.771. The van der Waals surface area contributed by atoms with Gasteiger partial charge in [0.2, 0.25) is 0 Å². The number of carboxylic acid groups (broad SMARTS) is 1. The number of thiazole rings is 1. The molecule has 0 radical (unpaired) electrons. The van der Waals surface area contributed by atoms with E-state index in [0.29, 0.717) is 28.8 Å². The number of aromatic carboxylic acids is 1. The van der Waals surface area contributed by atoms with Crippen molar-refractivity contribution in [3.8, 4) is 22.1 Å². The lowest BCUT2D eigenvalue weighted by molar-refractivity contribution is -0.858. The zero-order valence-electron chi connectivity index (χ0n) is 13.6. The van der Waals surface area contributed by atoms with Gasteiger partial charge in [0.05, 0.1) is 43.3 Å². The van der Waals surface area contributed by atoms with E-state index in [9.17, 15) is 9.90 Å². The number of aryl methyl sites for hydroxylation is 1. The molecule has 0 saturated heterocycles. The molecule has 23 heavy (non-hydrogen) atoms. The molecule has 0 unspecified atom stereocenters. The third-order valence-electron chi connectivity index (χ3n) is 3.26. The molecule has 2 rings (SSSR count). The highest BCUT2D eigenvalue weighted by Gasteiger charge is 2.18. The van der Waals surface area contributed by atoms with Gasteiger partial charge >= 0.3 is 0 Å². The normalized spacial score (nSPS) is 10.8. The topological polar surface area (TPSA) is 75.9 Å². The van der Waals surface area contributed by atoms with Crippen LogP contribution in [0.2, 0.25) is 0 Å². The maximum atomic E-state index is 11.1. The second-order valence-corrected chi connectivity index (χ2v) is 6.36. The zero-order valence-corrected chi connectivity index (χ0v) is 14.5. The van der Waals surface area contributed by atoms with E-state index in [1.807, 2.05) is 32.3 Å². The molecular weight excluding hydrogens is 316 g/mol. The Balaban J connectivity index is 2.41. The molecule has 0 spiro atoms. The number of methoxy groups -OCH3 is 1. The molecule has 0 amide bonds. The van der Waals surface area contributed by atoms with Crippen molar-refractivity contribution in [2.24, 2.45) is 0 Å². The highest BCUT2D eigenvalue weighted by atomic mass is 32.1. The summed E-state index contributed by atoms with van der Waals surface area (Å²) >= 11 is 1.08. The van der Waals surface area contributed by atoms with Gasteiger partial charge in [-0.1, -0.05) is 6.07 Å². The summed E-state index contributed by atoms with van der Waals surface area (Å²) in [6.45, 7) is 3.01. The number of hydrogen-bond acceptors (Lipinski definition) is 6. The van der Waals surface area contributed by atoms with E-state index in [1.165, 1.54) is 4.90 Å². The van der Waals surface area contributed by atoms with Gasteiger partial charge in [-0.05, 0) is 19.1 Å². The SMILES string of the molecule is COc1cccc(-c2nc(C)c(C(=O)[O-])s2)c1OCC[NH+](C)C. The number of rotatable bonds is 7. The molecular formula is C16H20N2O4S. The highest BCUT2D eigenvalue weighted by molar-refractivity contribution is 7.17. The Hall–Kier alpha value is -2.12. The number of quaternary nitrogens is 1. The standard InChI is InChI=1S/C16H20N2O4S/c1-10-14(16(19)20)23-15(17-10)11-6-5-7-12(21-4)13(11)22-9-8-18(2)3/h5-7H,8-9H2,1-4H3,(H,19,20). The number of hydrogen-bond donors (Lipinski definition) is 1. The van der Waals surface area contributed by atoms with Crippen molar-refractivity contribution in [1.29, 1.82) is 0 Å². The molecule has 1 N–H and O–H groups in total. The minimum Gasteiger partial charge on any atom is -0.544 e. The summed E-state index contributed by atoms with van der Waals surface area (Å²) in [6.07, 6.45) is 0. The largest absolute Gasteiger partial charge is 0.544 e. The van der Waals surface area contributed by atoms with Crippen LogP contribution in [-0.4, -0.2) is 45.3 Å². The molecule has 7 heteroatoms. The van der Waals surface area contributed by atoms with Crippen molar-refractivity contribution < 1.29 is 24.3 Å². The number of ether oxygens (including phenoxy) is 2. The summed E-state index contributed by atoms with van der Waals surface area (Å²) in [5.41, 5.74) is 1.16. The van der Waals surface area contributed by atoms with Gasteiger partial charge in [-0.25, -0.2) is 4.98 Å². The highest BCUT2D eigenvalue weighted by Crippen LogP contribution is 2.40. The molecule has 0 aliphatic carbocycles. The summed E-state index contributed by atoms with van der Waals surface area (Å²) in [7, 11) is 5.66. The molecule has 1 heterocycles. The fraction of sp³-hybridized carbons (Fsp3) is 0.375. The Labute approximate surface area is 139 Å². The van der Waals surface area contributed by atoms with Gasteiger partial charge in [-0.15, -0.1) is 11.3 Å². The maximum Gasteiger partial charge on any atom is 0.171 e. The van der Waals surface area contributed by atoms with Crippen molar-refractivity contribution in [3.63, 3.8) is 0 Å². The van der Waals surface area contributed by atoms with E-state index >= 15 is 0 Å². The van der Waals surface area contributed by atoms with Crippen molar-refractivity contribution >= 4 is 17.3 Å². The van der Waals surface area contributed by atoms with E-state index in [1.54, 1.807) is 14.0 Å². The smallest absolute Gasteiger partial charge is 0.171 e. The first-order chi connectivity index (χ1) is 10.9. The fourth-order valence-corrected chi connectivity index (χ4v) is 2.98. The van der Waals surface area contributed by atoms with Gasteiger partial charge in [0.15, 0.2) is 11.5 Å². The summed E-state index contributed by atoms with van der Waals surface area (Å²) in [4.78, 5) is 16.9. The molecule has 124 valence electrons. The molecule has 1 aromatic carbocycles. The number of likely N-dealkylation sites (N-methyl/N-ethyl adjacent to an activating group) is 1. The molecule has 0 bridgehead atoms. The number of carboxylic acids is 1. The first-order valence-corrected chi connectivity index (χ1v) is 8.03. The molecule has 0 fully saturated rings. The Morgan fingerprint density at radius 2 is 2.13 bits per heavy atom. The average molecular weight is 336 g/mol. The number of carbonyl (C=O) groups excluding carboxylic acids is 1. The first kappa shape index (κ1) is 17.2. The second kappa shape index (κ2) is 7.43. The Bertz CT molecular complexity index is 697. The Morgan fingerprint density at radius 1 is 1.39 bits per heavy atom. The van der Waals surface area contributed by atoms with Crippen LogP contribution in [0.3, 0.4) is 0 Å². The minimum atomic E-state index is -1.21. The number of aromatic nitrogens is 1. The average Bonchev–Trinajstić information content (AvgIpc) is 2.89. The minimum absolute atomic E-state index is 0.131. The van der Waals surface area contributed by atoms with E-state index in [0.717, 1.165) is 23.4 Å². The van der Waals surface area contributed by atoms with Gasteiger partial charge in [0.1, 0.15) is 18.2 Å². The van der Waals surface area contributed by atoms with Crippen LogP contribution in [-0.2, 0) is 0 Å². The van der Waals surface area contributed by atoms with Crippen LogP contribution in [0, 0.1) is 6.92 Å². The van der Waals surface area contributed by atoms with Gasteiger partial charge in [-0.2, -0.15) is 0 Å². The number of nitrogens with one attached hydrogen (secondary N) is 1.